The molecule has 2 aromatic carbocycles. The van der Waals surface area contributed by atoms with Crippen molar-refractivity contribution in [2.75, 3.05) is 54.9 Å². The molecule has 0 spiro atoms. The number of carbonyl (C=O) groups is 1. The number of aliphatic imine (C=N–C) groups is 1. The van der Waals surface area contributed by atoms with Gasteiger partial charge in [-0.2, -0.15) is 0 Å². The molecule has 8 heteroatoms. The van der Waals surface area contributed by atoms with Crippen molar-refractivity contribution in [3.05, 3.63) is 65.2 Å². The van der Waals surface area contributed by atoms with Crippen LogP contribution in [0.15, 0.2) is 53.5 Å². The molecule has 33 heavy (non-hydrogen) atoms. The van der Waals surface area contributed by atoms with Crippen molar-refractivity contribution >= 4 is 35.8 Å². The molecule has 0 aromatic heterocycles. The van der Waals surface area contributed by atoms with Gasteiger partial charge in [0.05, 0.1) is 19.7 Å². The Kier molecular flexibility index (Phi) is 12.8. The Morgan fingerprint density at radius 2 is 1.79 bits per heavy atom. The van der Waals surface area contributed by atoms with E-state index in [-0.39, 0.29) is 35.9 Å². The third-order valence-electron chi connectivity index (χ3n) is 5.17. The molecule has 1 amide bonds. The fraction of sp³-hybridized carbons (Fsp3) is 0.440. The van der Waals surface area contributed by atoms with E-state index in [0.717, 1.165) is 35.8 Å². The minimum atomic E-state index is 0. The molecule has 0 aliphatic carbocycles. The van der Waals surface area contributed by atoms with Gasteiger partial charge in [-0.15, -0.1) is 24.0 Å². The molecule has 2 aromatic rings. The van der Waals surface area contributed by atoms with E-state index >= 15 is 0 Å². The monoisotopic (exact) mass is 567 g/mol. The molecule has 0 saturated heterocycles. The zero-order chi connectivity index (χ0) is 23.5. The maximum absolute atomic E-state index is 12.2. The normalized spacial score (nSPS) is 12.0. The Morgan fingerprint density at radius 1 is 1.06 bits per heavy atom. The molecule has 0 aliphatic heterocycles. The van der Waals surface area contributed by atoms with E-state index in [0.29, 0.717) is 18.7 Å². The highest BCUT2D eigenvalue weighted by molar-refractivity contribution is 14.0. The fourth-order valence-electron chi connectivity index (χ4n) is 3.44. The molecule has 0 heterocycles. The molecule has 0 fully saturated rings. The summed E-state index contributed by atoms with van der Waals surface area (Å²) in [6.07, 6.45) is 0.794. The maximum Gasteiger partial charge on any atom is 0.253 e. The van der Waals surface area contributed by atoms with Gasteiger partial charge in [0.15, 0.2) is 5.96 Å². The van der Waals surface area contributed by atoms with Gasteiger partial charge in [0.2, 0.25) is 0 Å². The summed E-state index contributed by atoms with van der Waals surface area (Å²) in [5.41, 5.74) is 2.93. The van der Waals surface area contributed by atoms with E-state index in [9.17, 15) is 4.79 Å². The first-order valence-electron chi connectivity index (χ1n) is 11.0. The number of benzene rings is 2. The van der Waals surface area contributed by atoms with Gasteiger partial charge < -0.3 is 25.2 Å². The highest BCUT2D eigenvalue weighted by Crippen LogP contribution is 2.28. The number of amides is 1. The SMILES string of the molecule is CCNC(=NCC(c1ccccc1OC)N(C)C)NCCc1cccc(C(=O)N(C)C)c1.I. The van der Waals surface area contributed by atoms with E-state index in [4.69, 9.17) is 9.73 Å². The van der Waals surface area contributed by atoms with E-state index in [1.807, 2.05) is 42.5 Å². The summed E-state index contributed by atoms with van der Waals surface area (Å²) in [4.78, 5) is 20.8. The highest BCUT2D eigenvalue weighted by atomic mass is 127. The highest BCUT2D eigenvalue weighted by Gasteiger charge is 2.18. The van der Waals surface area contributed by atoms with Gasteiger partial charge in [0.25, 0.3) is 5.91 Å². The number of nitrogens with one attached hydrogen (secondary N) is 2. The van der Waals surface area contributed by atoms with Gasteiger partial charge in [-0.25, -0.2) is 0 Å². The molecular formula is C25H38IN5O2. The van der Waals surface area contributed by atoms with Gasteiger partial charge in [-0.1, -0.05) is 30.3 Å². The standard InChI is InChI=1S/C25H37N5O2.HI/c1-7-26-25(27-16-15-19-11-10-12-20(17-19)24(31)30(4)5)28-18-22(29(2)3)21-13-8-9-14-23(21)32-6;/h8-14,17,22H,7,15-16,18H2,1-6H3,(H2,26,27,28);1H. The predicted molar refractivity (Wildman–Crippen MR) is 147 cm³/mol. The Balaban J connectivity index is 0.00000544. The second kappa shape index (κ2) is 14.7. The van der Waals surface area contributed by atoms with Crippen LogP contribution in [0.2, 0.25) is 0 Å². The molecule has 0 aliphatic rings. The number of guanidine groups is 1. The molecule has 2 N–H and O–H groups in total. The fourth-order valence-corrected chi connectivity index (χ4v) is 3.44. The number of halogens is 1. The van der Waals surface area contributed by atoms with Gasteiger partial charge in [0.1, 0.15) is 5.75 Å². The van der Waals surface area contributed by atoms with Crippen LogP contribution in [0, 0.1) is 0 Å². The lowest BCUT2D eigenvalue weighted by Crippen LogP contribution is -2.39. The van der Waals surface area contributed by atoms with E-state index in [2.05, 4.69) is 42.6 Å². The minimum Gasteiger partial charge on any atom is -0.496 e. The zero-order valence-electron chi connectivity index (χ0n) is 20.6. The summed E-state index contributed by atoms with van der Waals surface area (Å²) in [5, 5.41) is 6.72. The molecule has 7 nitrogen and oxygen atoms in total. The van der Waals surface area contributed by atoms with E-state index < -0.39 is 0 Å². The molecular weight excluding hydrogens is 529 g/mol. The van der Waals surface area contributed by atoms with Crippen LogP contribution in [-0.4, -0.2) is 76.6 Å². The number of methoxy groups -OCH3 is 1. The topological polar surface area (TPSA) is 69.2 Å². The first-order chi connectivity index (χ1) is 15.4. The van der Waals surface area contributed by atoms with Crippen LogP contribution in [0.5, 0.6) is 5.75 Å². The third kappa shape index (κ3) is 8.85. The van der Waals surface area contributed by atoms with Crippen molar-refractivity contribution < 1.29 is 9.53 Å². The van der Waals surface area contributed by atoms with Crippen LogP contribution < -0.4 is 15.4 Å². The summed E-state index contributed by atoms with van der Waals surface area (Å²) in [7, 11) is 9.33. The van der Waals surface area contributed by atoms with Crippen molar-refractivity contribution in [1.29, 1.82) is 0 Å². The second-order valence-corrected chi connectivity index (χ2v) is 8.02. The Morgan fingerprint density at radius 3 is 2.42 bits per heavy atom. The van der Waals surface area contributed by atoms with Crippen molar-refractivity contribution in [3.8, 4) is 5.75 Å². The molecule has 1 unspecified atom stereocenters. The van der Waals surface area contributed by atoms with Gasteiger partial charge in [0, 0.05) is 38.3 Å². The average molecular weight is 568 g/mol. The lowest BCUT2D eigenvalue weighted by atomic mass is 10.0. The molecule has 0 bridgehead atoms. The summed E-state index contributed by atoms with van der Waals surface area (Å²) in [6.45, 7) is 4.14. The number of likely N-dealkylation sites (N-methyl/N-ethyl adjacent to an activating group) is 1. The lowest BCUT2D eigenvalue weighted by Gasteiger charge is -2.25. The van der Waals surface area contributed by atoms with E-state index in [1.54, 1.807) is 26.1 Å². The van der Waals surface area contributed by atoms with Crippen LogP contribution in [-0.2, 0) is 6.42 Å². The van der Waals surface area contributed by atoms with Crippen LogP contribution in [0.4, 0.5) is 0 Å². The summed E-state index contributed by atoms with van der Waals surface area (Å²) >= 11 is 0. The average Bonchev–Trinajstić information content (AvgIpc) is 2.78. The first kappa shape index (κ1) is 28.7. The number of rotatable bonds is 10. The number of carbonyl (C=O) groups excluding carboxylic acids is 1. The lowest BCUT2D eigenvalue weighted by molar-refractivity contribution is 0.0827. The number of nitrogens with zero attached hydrogens (tertiary/aromatic N) is 3. The smallest absolute Gasteiger partial charge is 0.253 e. The van der Waals surface area contributed by atoms with Crippen molar-refractivity contribution in [2.45, 2.75) is 19.4 Å². The van der Waals surface area contributed by atoms with Crippen LogP contribution in [0.25, 0.3) is 0 Å². The first-order valence-corrected chi connectivity index (χ1v) is 11.0. The minimum absolute atomic E-state index is 0. The summed E-state index contributed by atoms with van der Waals surface area (Å²) in [6, 6.07) is 15.9. The quantitative estimate of drug-likeness (QED) is 0.262. The number of hydrogen-bond donors (Lipinski definition) is 2. The number of hydrogen-bond acceptors (Lipinski definition) is 4. The summed E-state index contributed by atoms with van der Waals surface area (Å²) in [5.74, 6) is 1.65. The second-order valence-electron chi connectivity index (χ2n) is 8.02. The third-order valence-corrected chi connectivity index (χ3v) is 5.17. The van der Waals surface area contributed by atoms with Gasteiger partial charge in [-0.3, -0.25) is 9.79 Å². The van der Waals surface area contributed by atoms with Crippen molar-refractivity contribution in [1.82, 2.24) is 20.4 Å². The molecule has 0 radical (unpaired) electrons. The van der Waals surface area contributed by atoms with Crippen LogP contribution >= 0.6 is 24.0 Å². The maximum atomic E-state index is 12.2. The number of para-hydroxylation sites is 1. The van der Waals surface area contributed by atoms with Crippen LogP contribution in [0.3, 0.4) is 0 Å². The van der Waals surface area contributed by atoms with Gasteiger partial charge >= 0.3 is 0 Å². The molecule has 0 saturated carbocycles. The summed E-state index contributed by atoms with van der Waals surface area (Å²) < 4.78 is 5.55. The van der Waals surface area contributed by atoms with Crippen molar-refractivity contribution in [2.24, 2.45) is 4.99 Å². The van der Waals surface area contributed by atoms with Gasteiger partial charge in [-0.05, 0) is 51.2 Å². The largest absolute Gasteiger partial charge is 0.496 e. The molecule has 2 rings (SSSR count). The van der Waals surface area contributed by atoms with E-state index in [1.165, 1.54) is 0 Å². The zero-order valence-corrected chi connectivity index (χ0v) is 22.9. The van der Waals surface area contributed by atoms with Crippen LogP contribution in [0.1, 0.15) is 34.5 Å². The Hall–Kier alpha value is -2.33. The number of ether oxygens (including phenoxy) is 1. The Labute approximate surface area is 215 Å². The molecule has 182 valence electrons. The molecule has 1 atom stereocenters. The predicted octanol–water partition coefficient (Wildman–Crippen LogP) is 3.42. The Bertz CT molecular complexity index is 902. The van der Waals surface area contributed by atoms with Crippen molar-refractivity contribution in [3.63, 3.8) is 0 Å².